The van der Waals surface area contributed by atoms with E-state index in [4.69, 9.17) is 18.6 Å². The highest BCUT2D eigenvalue weighted by atomic mass is 16.7. The third-order valence-corrected chi connectivity index (χ3v) is 9.16. The van der Waals surface area contributed by atoms with E-state index < -0.39 is 37.6 Å². The Morgan fingerprint density at radius 3 is 0.826 bits per heavy atom. The number of rotatable bonds is 6. The minimum Gasteiger partial charge on any atom is -0.398 e. The Bertz CT molecular complexity index is 1640. The van der Waals surface area contributed by atoms with Crippen LogP contribution >= 0.6 is 0 Å². The normalized spacial score (nSPS) is 20.1. The van der Waals surface area contributed by atoms with E-state index in [2.05, 4.69) is 121 Å². The summed E-state index contributed by atoms with van der Waals surface area (Å²) in [5, 5.41) is 0. The topological polar surface area (TPSA) is 36.9 Å². The minimum atomic E-state index is -1.07. The Kier molecular flexibility index (Phi) is 7.65. The van der Waals surface area contributed by atoms with Crippen molar-refractivity contribution in [3.63, 3.8) is 0 Å². The van der Waals surface area contributed by atoms with Crippen LogP contribution in [0.5, 0.6) is 0 Å². The van der Waals surface area contributed by atoms with Crippen LogP contribution in [0.3, 0.4) is 0 Å². The van der Waals surface area contributed by atoms with Crippen LogP contribution in [0.1, 0.15) is 22.3 Å². The molecule has 0 aromatic heterocycles. The van der Waals surface area contributed by atoms with Gasteiger partial charge >= 0.3 is 14.2 Å². The average Bonchev–Trinajstić information content (AvgIpc) is 3.16. The number of fused-ring (bicyclic) bond motifs is 1. The van der Waals surface area contributed by atoms with Crippen LogP contribution in [0.25, 0.3) is 0 Å². The fourth-order valence-corrected chi connectivity index (χ4v) is 7.07. The first kappa shape index (κ1) is 28.7. The molecule has 4 nitrogen and oxygen atoms in total. The molecule has 6 aromatic carbocycles. The van der Waals surface area contributed by atoms with Gasteiger partial charge in [-0.1, -0.05) is 182 Å². The van der Waals surface area contributed by atoms with E-state index in [1.807, 2.05) is 60.7 Å². The standard InChI is InChI=1S/C40H32B2O4/c1-7-19-31(20-8-1)39(32-21-9-2-10-22-32)37-38(44-41(45-39)35-27-15-5-16-28-35)40(33-23-11-3-12-24-33,34-25-13-4-14-26-34)46-42(43-37)36-29-17-6-18-30-36/h1-30,37-38H/t37-,38-/m0/s1. The van der Waals surface area contributed by atoms with Gasteiger partial charge in [-0.15, -0.1) is 0 Å². The summed E-state index contributed by atoms with van der Waals surface area (Å²) < 4.78 is 29.1. The van der Waals surface area contributed by atoms with Gasteiger partial charge in [-0.2, -0.15) is 0 Å². The van der Waals surface area contributed by atoms with Crippen molar-refractivity contribution in [2.75, 3.05) is 0 Å². The highest BCUT2D eigenvalue weighted by Crippen LogP contribution is 2.53. The first-order valence-electron chi connectivity index (χ1n) is 15.8. The second kappa shape index (κ2) is 12.2. The molecule has 2 aliphatic rings. The summed E-state index contributed by atoms with van der Waals surface area (Å²) in [5.41, 5.74) is 3.59. The molecule has 0 saturated carbocycles. The summed E-state index contributed by atoms with van der Waals surface area (Å²) in [6.45, 7) is 0. The maximum atomic E-state index is 7.35. The SMILES string of the molecule is c1ccc(B2O[C@H]3[C@H](OB(c4ccccc4)OC3(c3ccccc3)c3ccccc3)C(c3ccccc3)(c3ccccc3)O2)cc1. The van der Waals surface area contributed by atoms with Crippen LogP contribution in [0.15, 0.2) is 182 Å². The predicted octanol–water partition coefficient (Wildman–Crippen LogP) is 6.50. The van der Waals surface area contributed by atoms with Crippen molar-refractivity contribution in [2.24, 2.45) is 0 Å². The first-order valence-corrected chi connectivity index (χ1v) is 15.8. The highest BCUT2D eigenvalue weighted by molar-refractivity contribution is 6.62. The molecular weight excluding hydrogens is 566 g/mol. The summed E-state index contributed by atoms with van der Waals surface area (Å²) in [5.74, 6) is 0. The quantitative estimate of drug-likeness (QED) is 0.206. The summed E-state index contributed by atoms with van der Waals surface area (Å²) >= 11 is 0. The molecule has 8 rings (SSSR count). The molecule has 0 spiro atoms. The van der Waals surface area contributed by atoms with E-state index in [-0.39, 0.29) is 0 Å². The van der Waals surface area contributed by atoms with E-state index in [0.717, 1.165) is 33.2 Å². The van der Waals surface area contributed by atoms with E-state index in [1.165, 1.54) is 0 Å². The van der Waals surface area contributed by atoms with Crippen LogP contribution in [0.2, 0.25) is 0 Å². The van der Waals surface area contributed by atoms with Gasteiger partial charge in [0.25, 0.3) is 0 Å². The summed E-state index contributed by atoms with van der Waals surface area (Å²) in [4.78, 5) is 0. The van der Waals surface area contributed by atoms with Crippen LogP contribution in [0.4, 0.5) is 0 Å². The molecular formula is C40H32B2O4. The number of hydrogen-bond acceptors (Lipinski definition) is 4. The van der Waals surface area contributed by atoms with Gasteiger partial charge in [-0.05, 0) is 33.2 Å². The third-order valence-electron chi connectivity index (χ3n) is 9.16. The largest absolute Gasteiger partial charge is 0.495 e. The molecule has 6 heteroatoms. The molecule has 2 aliphatic heterocycles. The molecule has 2 heterocycles. The van der Waals surface area contributed by atoms with E-state index >= 15 is 0 Å². The molecule has 46 heavy (non-hydrogen) atoms. The van der Waals surface area contributed by atoms with Crippen molar-refractivity contribution in [1.29, 1.82) is 0 Å². The molecule has 0 unspecified atom stereocenters. The van der Waals surface area contributed by atoms with Gasteiger partial charge in [0.2, 0.25) is 0 Å². The fourth-order valence-electron chi connectivity index (χ4n) is 7.07. The zero-order chi connectivity index (χ0) is 30.8. The Labute approximate surface area is 270 Å². The number of hydrogen-bond donors (Lipinski definition) is 0. The summed E-state index contributed by atoms with van der Waals surface area (Å²) in [6.07, 6.45) is -1.28. The van der Waals surface area contributed by atoms with E-state index in [9.17, 15) is 0 Å². The lowest BCUT2D eigenvalue weighted by Gasteiger charge is -2.59. The molecule has 0 amide bonds. The Balaban J connectivity index is 1.46. The van der Waals surface area contributed by atoms with Crippen molar-refractivity contribution in [3.8, 4) is 0 Å². The van der Waals surface area contributed by atoms with Crippen molar-refractivity contribution in [1.82, 2.24) is 0 Å². The second-order valence-electron chi connectivity index (χ2n) is 11.8. The summed E-state index contributed by atoms with van der Waals surface area (Å²) in [7, 11) is -1.45. The molecule has 6 aromatic rings. The monoisotopic (exact) mass is 598 g/mol. The lowest BCUT2D eigenvalue weighted by molar-refractivity contribution is -0.210. The zero-order valence-corrected chi connectivity index (χ0v) is 25.3. The van der Waals surface area contributed by atoms with Crippen LogP contribution < -0.4 is 10.9 Å². The van der Waals surface area contributed by atoms with Crippen LogP contribution in [0, 0.1) is 0 Å². The molecule has 0 bridgehead atoms. The van der Waals surface area contributed by atoms with Gasteiger partial charge in [-0.3, -0.25) is 0 Å². The summed E-state index contributed by atoms with van der Waals surface area (Å²) in [6, 6.07) is 61.9. The predicted molar refractivity (Wildman–Crippen MR) is 183 cm³/mol. The maximum absolute atomic E-state index is 7.35. The maximum Gasteiger partial charge on any atom is 0.495 e. The van der Waals surface area contributed by atoms with Gasteiger partial charge in [0.05, 0.1) is 0 Å². The zero-order valence-electron chi connectivity index (χ0n) is 25.3. The van der Waals surface area contributed by atoms with Gasteiger partial charge in [0, 0.05) is 0 Å². The molecule has 0 N–H and O–H groups in total. The van der Waals surface area contributed by atoms with Crippen molar-refractivity contribution in [3.05, 3.63) is 204 Å². The molecule has 2 saturated heterocycles. The molecule has 222 valence electrons. The van der Waals surface area contributed by atoms with Crippen LogP contribution in [-0.2, 0) is 29.8 Å². The number of benzene rings is 6. The Morgan fingerprint density at radius 2 is 0.565 bits per heavy atom. The van der Waals surface area contributed by atoms with Gasteiger partial charge in [-0.25, -0.2) is 0 Å². The van der Waals surface area contributed by atoms with E-state index in [1.54, 1.807) is 0 Å². The third kappa shape index (κ3) is 4.82. The van der Waals surface area contributed by atoms with Gasteiger partial charge in [0.1, 0.15) is 23.4 Å². The van der Waals surface area contributed by atoms with Crippen molar-refractivity contribution >= 4 is 25.2 Å². The van der Waals surface area contributed by atoms with Crippen molar-refractivity contribution in [2.45, 2.75) is 23.4 Å². The van der Waals surface area contributed by atoms with Crippen molar-refractivity contribution < 1.29 is 18.6 Å². The highest BCUT2D eigenvalue weighted by Gasteiger charge is 2.66. The smallest absolute Gasteiger partial charge is 0.398 e. The van der Waals surface area contributed by atoms with E-state index in [0.29, 0.717) is 0 Å². The van der Waals surface area contributed by atoms with Gasteiger partial charge in [0.15, 0.2) is 0 Å². The first-order chi connectivity index (χ1) is 22.8. The fraction of sp³-hybridized carbons (Fsp3) is 0.100. The van der Waals surface area contributed by atoms with Gasteiger partial charge < -0.3 is 18.6 Å². The minimum absolute atomic E-state index is 0.642. The molecule has 2 atom stereocenters. The Morgan fingerprint density at radius 1 is 0.326 bits per heavy atom. The molecule has 0 radical (unpaired) electrons. The lowest BCUT2D eigenvalue weighted by Crippen LogP contribution is -2.73. The second-order valence-corrected chi connectivity index (χ2v) is 11.8. The molecule has 2 fully saturated rings. The lowest BCUT2D eigenvalue weighted by atomic mass is 9.62. The molecule has 0 aliphatic carbocycles. The van der Waals surface area contributed by atoms with Crippen LogP contribution in [-0.4, -0.2) is 26.4 Å². The Hall–Kier alpha value is -4.71. The average molecular weight is 598 g/mol.